The molecule has 0 atom stereocenters. The molecule has 0 aliphatic carbocycles. The topological polar surface area (TPSA) is 339 Å². The van der Waals surface area contributed by atoms with E-state index >= 15 is 0 Å². The number of nitrogens with two attached hydrogens (primary N) is 7. The number of rotatable bonds is 13. The minimum absolute atomic E-state index is 0.114. The van der Waals surface area contributed by atoms with Crippen LogP contribution in [0.4, 0.5) is 11.4 Å². The number of anilines is 2. The third-order valence-electron chi connectivity index (χ3n) is 7.54. The number of carbonyl (C=O) groups is 2. The van der Waals surface area contributed by atoms with E-state index in [-0.39, 0.29) is 35.5 Å². The monoisotopic (exact) mass is 785 g/mol. The second-order valence-electron chi connectivity index (χ2n) is 12.2. The fourth-order valence-corrected chi connectivity index (χ4v) is 4.54. The number of amides is 2. The number of benzene rings is 4. The Morgan fingerprint density at radius 2 is 0.810 bits per heavy atom. The Bertz CT molecular complexity index is 2290. The minimum atomic E-state index is -0.242. The van der Waals surface area contributed by atoms with Gasteiger partial charge in [-0.05, 0) is 98.5 Å². The molecule has 0 radical (unpaired) electrons. The summed E-state index contributed by atoms with van der Waals surface area (Å²) in [5.41, 5.74) is 47.7. The minimum Gasteiger partial charge on any atom is -0.385 e. The molecule has 0 saturated carbocycles. The van der Waals surface area contributed by atoms with Gasteiger partial charge < -0.3 is 50.8 Å². The van der Waals surface area contributed by atoms with Gasteiger partial charge in [-0.3, -0.25) is 15.0 Å². The molecule has 0 bridgehead atoms. The van der Waals surface area contributed by atoms with E-state index in [2.05, 4.69) is 58.3 Å². The van der Waals surface area contributed by atoms with Crippen molar-refractivity contribution in [3.05, 3.63) is 143 Å². The van der Waals surface area contributed by atoms with Gasteiger partial charge in [0.25, 0.3) is 11.8 Å². The summed E-state index contributed by atoms with van der Waals surface area (Å²) < 4.78 is 0. The van der Waals surface area contributed by atoms with Crippen molar-refractivity contribution in [2.45, 2.75) is 27.7 Å². The third kappa shape index (κ3) is 14.8. The normalized spacial score (nSPS) is 11.5. The molecule has 19 heteroatoms. The first kappa shape index (κ1) is 44.0. The number of hydrogen-bond donors (Lipinski definition) is 10. The maximum absolute atomic E-state index is 12.5. The van der Waals surface area contributed by atoms with Crippen LogP contribution >= 0.6 is 0 Å². The van der Waals surface area contributed by atoms with Gasteiger partial charge >= 0.3 is 0 Å². The van der Waals surface area contributed by atoms with E-state index in [1.807, 2.05) is 25.1 Å². The van der Waals surface area contributed by atoms with Gasteiger partial charge in [0.05, 0.1) is 22.8 Å². The summed E-state index contributed by atoms with van der Waals surface area (Å²) in [7, 11) is 0. The Hall–Kier alpha value is -8.35. The van der Waals surface area contributed by atoms with Crippen molar-refractivity contribution in [2.75, 3.05) is 10.6 Å². The summed E-state index contributed by atoms with van der Waals surface area (Å²) in [5.74, 6) is -0.590. The molecule has 0 aliphatic rings. The fourth-order valence-electron chi connectivity index (χ4n) is 4.54. The summed E-state index contributed by atoms with van der Waals surface area (Å²) >= 11 is 0. The van der Waals surface area contributed by atoms with Crippen molar-refractivity contribution in [2.24, 2.45) is 75.8 Å². The van der Waals surface area contributed by atoms with Gasteiger partial charge in [-0.15, -0.1) is 15.3 Å². The molecular formula is C39H47N17O2. The van der Waals surface area contributed by atoms with Gasteiger partial charge in [0, 0.05) is 22.5 Å². The van der Waals surface area contributed by atoms with Crippen molar-refractivity contribution in [3.63, 3.8) is 0 Å². The molecule has 2 amide bonds. The van der Waals surface area contributed by atoms with Crippen molar-refractivity contribution < 1.29 is 9.59 Å². The molecule has 19 nitrogen and oxygen atoms in total. The van der Waals surface area contributed by atoms with E-state index < -0.39 is 0 Å². The lowest BCUT2D eigenvalue weighted by atomic mass is 10.1. The van der Waals surface area contributed by atoms with E-state index in [4.69, 9.17) is 40.1 Å². The van der Waals surface area contributed by atoms with Crippen LogP contribution in [0, 0.1) is 0 Å². The van der Waals surface area contributed by atoms with Crippen LogP contribution in [0.25, 0.3) is 0 Å². The van der Waals surface area contributed by atoms with Crippen LogP contribution in [-0.2, 0) is 0 Å². The summed E-state index contributed by atoms with van der Waals surface area (Å²) in [6, 6.07) is 28.3. The number of carbonyl (C=O) groups excluding carboxylic acids is 2. The molecule has 0 aromatic heterocycles. The molecular weight excluding hydrogens is 739 g/mol. The zero-order valence-electron chi connectivity index (χ0n) is 32.4. The van der Waals surface area contributed by atoms with E-state index in [0.717, 1.165) is 22.3 Å². The molecule has 17 N–H and O–H groups in total. The molecule has 4 rings (SSSR count). The first-order chi connectivity index (χ1) is 27.5. The SMILES string of the molecule is C/C(=N\N=C(N)N)c1ccc(NC(=O)c2ccc(/C(C)=N/N=C(N)N)cc2)cc1.C=C(N)N/N=C(\C)c1ccc(C(=O)Nc2cccc(/C(C)=N/N=C(N)N)c2)cc1. The lowest BCUT2D eigenvalue weighted by molar-refractivity contribution is 0.101. The number of guanidine groups is 3. The van der Waals surface area contributed by atoms with Crippen LogP contribution in [0.2, 0.25) is 0 Å². The van der Waals surface area contributed by atoms with Crippen molar-refractivity contribution in [1.82, 2.24) is 5.43 Å². The molecule has 0 spiro atoms. The number of nitrogens with zero attached hydrogens (tertiary/aromatic N) is 7. The highest BCUT2D eigenvalue weighted by Gasteiger charge is 2.10. The molecule has 58 heavy (non-hydrogen) atoms. The van der Waals surface area contributed by atoms with E-state index in [0.29, 0.717) is 45.3 Å². The predicted molar refractivity (Wildman–Crippen MR) is 234 cm³/mol. The molecule has 0 saturated heterocycles. The highest BCUT2D eigenvalue weighted by Crippen LogP contribution is 2.16. The second-order valence-corrected chi connectivity index (χ2v) is 12.2. The number of hydrazone groups is 1. The Kier molecular flexibility index (Phi) is 16.3. The van der Waals surface area contributed by atoms with Crippen LogP contribution in [0.1, 0.15) is 70.7 Å². The van der Waals surface area contributed by atoms with Gasteiger partial charge in [0.1, 0.15) is 5.82 Å². The molecule has 0 heterocycles. The van der Waals surface area contributed by atoms with E-state index in [9.17, 15) is 9.59 Å². The van der Waals surface area contributed by atoms with Crippen molar-refractivity contribution >= 4 is 63.9 Å². The Balaban J connectivity index is 0.000000310. The first-order valence-corrected chi connectivity index (χ1v) is 17.2. The maximum Gasteiger partial charge on any atom is 0.255 e. The van der Waals surface area contributed by atoms with E-state index in [1.54, 1.807) is 99.6 Å². The molecule has 0 fully saturated rings. The molecule has 0 aliphatic heterocycles. The zero-order chi connectivity index (χ0) is 42.8. The van der Waals surface area contributed by atoms with Crippen LogP contribution < -0.4 is 56.2 Å². The quantitative estimate of drug-likeness (QED) is 0.0536. The van der Waals surface area contributed by atoms with Gasteiger partial charge in [0.2, 0.25) is 17.9 Å². The maximum atomic E-state index is 12.5. The van der Waals surface area contributed by atoms with Crippen LogP contribution in [-0.4, -0.2) is 52.5 Å². The highest BCUT2D eigenvalue weighted by atomic mass is 16.2. The van der Waals surface area contributed by atoms with Gasteiger partial charge in [-0.2, -0.15) is 20.4 Å². The highest BCUT2D eigenvalue weighted by molar-refractivity contribution is 6.07. The first-order valence-electron chi connectivity index (χ1n) is 17.2. The average molecular weight is 786 g/mol. The summed E-state index contributed by atoms with van der Waals surface area (Å²) in [6.07, 6.45) is 0. The van der Waals surface area contributed by atoms with Gasteiger partial charge in [0.15, 0.2) is 0 Å². The third-order valence-corrected chi connectivity index (χ3v) is 7.54. The molecule has 4 aromatic rings. The Morgan fingerprint density at radius 1 is 0.448 bits per heavy atom. The standard InChI is InChI=1S/C20H24N8O.C19H23N9O/c1-12(25-27-14(3)21)15-7-9-16(10-8-15)19(29)24-18-6-4-5-17(11-18)13(2)26-28-20(22)23;1-11(25-27-18(20)21)13-3-5-15(6-4-13)17(29)24-16-9-7-14(8-10-16)12(2)26-28-19(22)23/h4-11,27H,3,21H2,1-2H3,(H,24,29)(H4,22,23,28);3-10H,1-2H3,(H,24,29)(H4,20,21,27)(H4,22,23,28)/b25-12+,26-13+;25-11+,26-12+. The lowest BCUT2D eigenvalue weighted by Crippen LogP contribution is -2.22. The Labute approximate surface area is 335 Å². The second kappa shape index (κ2) is 21.5. The van der Waals surface area contributed by atoms with Crippen molar-refractivity contribution in [3.8, 4) is 0 Å². The van der Waals surface area contributed by atoms with Crippen LogP contribution in [0.15, 0.2) is 145 Å². The van der Waals surface area contributed by atoms with E-state index in [1.165, 1.54) is 0 Å². The number of hydrogen-bond acceptors (Lipinski definition) is 11. The largest absolute Gasteiger partial charge is 0.385 e. The van der Waals surface area contributed by atoms with Gasteiger partial charge in [-0.25, -0.2) is 0 Å². The Morgan fingerprint density at radius 3 is 1.22 bits per heavy atom. The summed E-state index contributed by atoms with van der Waals surface area (Å²) in [4.78, 5) is 25.0. The average Bonchev–Trinajstić information content (AvgIpc) is 3.20. The zero-order valence-corrected chi connectivity index (χ0v) is 32.4. The fraction of sp³-hybridized carbons (Fsp3) is 0.103. The molecule has 0 unspecified atom stereocenters. The molecule has 4 aromatic carbocycles. The lowest BCUT2D eigenvalue weighted by Gasteiger charge is -2.08. The predicted octanol–water partition coefficient (Wildman–Crippen LogP) is 2.61. The van der Waals surface area contributed by atoms with Crippen LogP contribution in [0.5, 0.6) is 0 Å². The molecule has 300 valence electrons. The summed E-state index contributed by atoms with van der Waals surface area (Å²) in [5, 5.41) is 32.4. The number of nitrogens with one attached hydrogen (secondary N) is 3. The summed E-state index contributed by atoms with van der Waals surface area (Å²) in [6.45, 7) is 10.6. The van der Waals surface area contributed by atoms with Crippen LogP contribution in [0.3, 0.4) is 0 Å². The van der Waals surface area contributed by atoms with Crippen molar-refractivity contribution in [1.29, 1.82) is 0 Å². The van der Waals surface area contributed by atoms with Gasteiger partial charge in [-0.1, -0.05) is 55.1 Å². The smallest absolute Gasteiger partial charge is 0.255 e.